The van der Waals surface area contributed by atoms with Crippen molar-refractivity contribution in [2.75, 3.05) is 0 Å². The van der Waals surface area contributed by atoms with Crippen molar-refractivity contribution in [2.24, 2.45) is 0 Å². The molecule has 0 bridgehead atoms. The summed E-state index contributed by atoms with van der Waals surface area (Å²) in [5, 5.41) is 37.9. The Labute approximate surface area is 138 Å². The quantitative estimate of drug-likeness (QED) is 0.554. The first kappa shape index (κ1) is 18.5. The van der Waals surface area contributed by atoms with Gasteiger partial charge in [0.2, 0.25) is 0 Å². The summed E-state index contributed by atoms with van der Waals surface area (Å²) in [4.78, 5) is 20.6. The molecule has 2 N–H and O–H groups in total. The summed E-state index contributed by atoms with van der Waals surface area (Å²) in [6.45, 7) is 0. The van der Waals surface area contributed by atoms with Crippen LogP contribution in [0.1, 0.15) is 0 Å². The van der Waals surface area contributed by atoms with E-state index >= 15 is 0 Å². The zero-order valence-electron chi connectivity index (χ0n) is 12.5. The first-order valence-corrected chi connectivity index (χ1v) is 6.73. The van der Waals surface area contributed by atoms with Crippen LogP contribution in [0.3, 0.4) is 0 Å². The summed E-state index contributed by atoms with van der Waals surface area (Å²) in [6, 6.07) is 10.7. The Morgan fingerprint density at radius 3 is 1.04 bits per heavy atom. The second kappa shape index (κ2) is 9.47. The van der Waals surface area contributed by atoms with E-state index in [1.165, 1.54) is 72.8 Å². The van der Waals surface area contributed by atoms with E-state index in [1.54, 1.807) is 0 Å². The van der Waals surface area contributed by atoms with Gasteiger partial charge in [0, 0.05) is 0 Å². The van der Waals surface area contributed by atoms with Gasteiger partial charge in [0.25, 0.3) is 0 Å². The van der Waals surface area contributed by atoms with Crippen LogP contribution in [0.4, 0.5) is 0 Å². The molecule has 2 aromatic carbocycles. The number of benzene rings is 2. The molecule has 0 amide bonds. The predicted octanol–water partition coefficient (Wildman–Crippen LogP) is 1.18. The minimum atomic E-state index is -0.121. The van der Waals surface area contributed by atoms with Gasteiger partial charge in [0.1, 0.15) is 11.5 Å². The lowest BCUT2D eigenvalue weighted by Crippen LogP contribution is -1.97. The molecule has 0 spiro atoms. The molecule has 0 aromatic heterocycles. The Hall–Kier alpha value is -3.54. The van der Waals surface area contributed by atoms with E-state index in [0.717, 1.165) is 0 Å². The van der Waals surface area contributed by atoms with Crippen LogP contribution in [0.15, 0.2) is 72.8 Å². The average molecular weight is 326 g/mol. The van der Waals surface area contributed by atoms with Crippen LogP contribution in [-0.2, 0) is 9.59 Å². The Morgan fingerprint density at radius 2 is 0.792 bits per heavy atom. The molecule has 0 unspecified atom stereocenters. The molecule has 6 heteroatoms. The van der Waals surface area contributed by atoms with E-state index in [0.29, 0.717) is 0 Å². The molecule has 1 aliphatic carbocycles. The number of phenols is 2. The molecular weight excluding hydrogens is 312 g/mol. The number of ketones is 2. The summed E-state index contributed by atoms with van der Waals surface area (Å²) in [6.07, 6.45) is 5.01. The van der Waals surface area contributed by atoms with Crippen molar-refractivity contribution in [2.45, 2.75) is 0 Å². The highest BCUT2D eigenvalue weighted by Crippen LogP contribution is 2.13. The van der Waals surface area contributed by atoms with E-state index in [-0.39, 0.29) is 34.6 Å². The van der Waals surface area contributed by atoms with Crippen LogP contribution in [0.5, 0.6) is 23.0 Å². The summed E-state index contributed by atoms with van der Waals surface area (Å²) < 4.78 is 0. The maximum absolute atomic E-state index is 10.3. The first-order valence-electron chi connectivity index (χ1n) is 6.73. The van der Waals surface area contributed by atoms with Crippen molar-refractivity contribution >= 4 is 11.6 Å². The third-order valence-corrected chi connectivity index (χ3v) is 2.50. The van der Waals surface area contributed by atoms with Crippen molar-refractivity contribution in [3.63, 3.8) is 0 Å². The van der Waals surface area contributed by atoms with Gasteiger partial charge in [-0.2, -0.15) is 0 Å². The highest BCUT2D eigenvalue weighted by atomic mass is 16.3. The van der Waals surface area contributed by atoms with Gasteiger partial charge in [-0.05, 0) is 48.6 Å². The summed E-state index contributed by atoms with van der Waals surface area (Å²) >= 11 is 0. The van der Waals surface area contributed by atoms with Gasteiger partial charge >= 0.3 is 0 Å². The van der Waals surface area contributed by atoms with Crippen molar-refractivity contribution < 1.29 is 30.0 Å². The molecule has 24 heavy (non-hydrogen) atoms. The lowest BCUT2D eigenvalue weighted by atomic mass is 10.2. The lowest BCUT2D eigenvalue weighted by molar-refractivity contribution is -0.274. The second-order valence-corrected chi connectivity index (χ2v) is 4.46. The number of carbonyl (C=O) groups is 2. The van der Waals surface area contributed by atoms with Crippen LogP contribution in [0, 0.1) is 0 Å². The van der Waals surface area contributed by atoms with Gasteiger partial charge in [0.15, 0.2) is 11.6 Å². The van der Waals surface area contributed by atoms with Crippen molar-refractivity contribution in [1.82, 2.24) is 0 Å². The summed E-state index contributed by atoms with van der Waals surface area (Å²) in [5.41, 5.74) is 0. The molecule has 0 atom stereocenters. The molecule has 0 heterocycles. The van der Waals surface area contributed by atoms with Gasteiger partial charge in [0.05, 0.1) is 0 Å². The Balaban J connectivity index is 0.000000180. The summed E-state index contributed by atoms with van der Waals surface area (Å²) in [7, 11) is 0. The molecule has 3 rings (SSSR count). The van der Waals surface area contributed by atoms with E-state index in [9.17, 15) is 19.8 Å². The minimum absolute atomic E-state index is 0.121. The van der Waals surface area contributed by atoms with E-state index in [1.807, 2.05) is 0 Å². The highest BCUT2D eigenvalue weighted by molar-refractivity contribution is 6.14. The topological polar surface area (TPSA) is 121 Å². The number of rotatable bonds is 0. The van der Waals surface area contributed by atoms with Gasteiger partial charge in [-0.25, -0.2) is 0 Å². The Morgan fingerprint density at radius 1 is 0.542 bits per heavy atom. The molecule has 0 aliphatic heterocycles. The number of aromatic hydroxyl groups is 2. The van der Waals surface area contributed by atoms with Gasteiger partial charge in [-0.15, -0.1) is 11.5 Å². The molecule has 0 saturated heterocycles. The maximum atomic E-state index is 10.3. The third-order valence-electron chi connectivity index (χ3n) is 2.50. The minimum Gasteiger partial charge on any atom is -0.872 e. The van der Waals surface area contributed by atoms with Gasteiger partial charge < -0.3 is 20.4 Å². The van der Waals surface area contributed by atoms with Crippen LogP contribution >= 0.6 is 0 Å². The standard InChI is InChI=1S/2C6H6O2.C6H4O2/c3*7-5-1-2-6(8)4-3-5/h2*1-4,7-8H;1-4H/p-2. The molecular formula is C18H14O6-2. The second-order valence-electron chi connectivity index (χ2n) is 4.46. The molecule has 6 nitrogen and oxygen atoms in total. The van der Waals surface area contributed by atoms with Crippen LogP contribution in [0.2, 0.25) is 0 Å². The highest BCUT2D eigenvalue weighted by Gasteiger charge is 1.97. The molecule has 0 saturated carbocycles. The fourth-order valence-electron chi connectivity index (χ4n) is 1.33. The van der Waals surface area contributed by atoms with Gasteiger partial charge in [-0.1, -0.05) is 24.3 Å². The lowest BCUT2D eigenvalue weighted by Gasteiger charge is -2.07. The van der Waals surface area contributed by atoms with Crippen LogP contribution in [-0.4, -0.2) is 21.8 Å². The largest absolute Gasteiger partial charge is 0.872 e. The zero-order chi connectivity index (χ0) is 17.9. The predicted molar refractivity (Wildman–Crippen MR) is 83.4 cm³/mol. The SMILES string of the molecule is O=C1C=CC(=O)C=C1.Oc1ccc(O)cc1.[O-]c1ccc([O-])cc1. The molecule has 0 fully saturated rings. The zero-order valence-corrected chi connectivity index (χ0v) is 12.5. The fraction of sp³-hybridized carbons (Fsp3) is 0. The number of allylic oxidation sites excluding steroid dienone is 4. The van der Waals surface area contributed by atoms with Gasteiger partial charge in [-0.3, -0.25) is 9.59 Å². The fourth-order valence-corrected chi connectivity index (χ4v) is 1.33. The molecule has 0 radical (unpaired) electrons. The normalized spacial score (nSPS) is 11.8. The van der Waals surface area contributed by atoms with Crippen molar-refractivity contribution in [3.8, 4) is 23.0 Å². The molecule has 2 aromatic rings. The Bertz CT molecular complexity index is 604. The number of hydrogen-bond acceptors (Lipinski definition) is 6. The smallest absolute Gasteiger partial charge is 0.178 e. The molecule has 124 valence electrons. The number of hydrogen-bond donors (Lipinski definition) is 2. The third kappa shape index (κ3) is 8.04. The van der Waals surface area contributed by atoms with Crippen LogP contribution in [0.25, 0.3) is 0 Å². The van der Waals surface area contributed by atoms with E-state index in [4.69, 9.17) is 10.2 Å². The van der Waals surface area contributed by atoms with Crippen molar-refractivity contribution in [3.05, 3.63) is 72.8 Å². The van der Waals surface area contributed by atoms with E-state index < -0.39 is 0 Å². The molecule has 1 aliphatic rings. The Kier molecular flexibility index (Phi) is 7.30. The number of carbonyl (C=O) groups excluding carboxylic acids is 2. The monoisotopic (exact) mass is 326 g/mol. The number of phenolic OH excluding ortho intramolecular Hbond substituents is 2. The van der Waals surface area contributed by atoms with Crippen molar-refractivity contribution in [1.29, 1.82) is 0 Å². The van der Waals surface area contributed by atoms with E-state index in [2.05, 4.69) is 0 Å². The maximum Gasteiger partial charge on any atom is 0.178 e. The summed E-state index contributed by atoms with van der Waals surface area (Å²) in [5.74, 6) is -0.144. The average Bonchev–Trinajstić information content (AvgIpc) is 2.57. The first-order chi connectivity index (χ1) is 11.4. The van der Waals surface area contributed by atoms with Crippen LogP contribution < -0.4 is 10.2 Å².